The van der Waals surface area contributed by atoms with Crippen molar-refractivity contribution < 1.29 is 4.79 Å². The lowest BCUT2D eigenvalue weighted by atomic mass is 10.1. The number of amides is 1. The first-order valence-corrected chi connectivity index (χ1v) is 5.67. The van der Waals surface area contributed by atoms with Crippen LogP contribution in [0.15, 0.2) is 0 Å². The van der Waals surface area contributed by atoms with Gasteiger partial charge in [-0.2, -0.15) is 0 Å². The zero-order chi connectivity index (χ0) is 9.10. The van der Waals surface area contributed by atoms with Gasteiger partial charge in [0.25, 0.3) is 0 Å². The van der Waals surface area contributed by atoms with Gasteiger partial charge >= 0.3 is 0 Å². The molecule has 1 saturated heterocycles. The number of rotatable bonds is 1. The molecule has 0 radical (unpaired) electrons. The first kappa shape index (κ1) is 9.04. The molecule has 1 amide bonds. The van der Waals surface area contributed by atoms with Crippen LogP contribution < -0.4 is 0 Å². The second-order valence-corrected chi connectivity index (χ2v) is 4.37. The van der Waals surface area contributed by atoms with Crippen molar-refractivity contribution in [3.8, 4) is 0 Å². The van der Waals surface area contributed by atoms with Gasteiger partial charge in [0.15, 0.2) is 0 Å². The topological polar surface area (TPSA) is 20.3 Å². The summed E-state index contributed by atoms with van der Waals surface area (Å²) in [7, 11) is 0. The van der Waals surface area contributed by atoms with Crippen LogP contribution >= 0.6 is 0 Å². The van der Waals surface area contributed by atoms with Crippen LogP contribution in [0.2, 0.25) is 0 Å². The van der Waals surface area contributed by atoms with Gasteiger partial charge in [0, 0.05) is 19.0 Å². The van der Waals surface area contributed by atoms with E-state index < -0.39 is 0 Å². The molecule has 0 aromatic heterocycles. The van der Waals surface area contributed by atoms with E-state index in [1.165, 1.54) is 32.1 Å². The Bertz CT molecular complexity index is 179. The highest BCUT2D eigenvalue weighted by molar-refractivity contribution is 5.81. The van der Waals surface area contributed by atoms with E-state index in [0.29, 0.717) is 11.8 Å². The molecule has 2 rings (SSSR count). The Balaban J connectivity index is 1.83. The molecule has 0 bridgehead atoms. The second kappa shape index (κ2) is 4.12. The summed E-state index contributed by atoms with van der Waals surface area (Å²) in [6.07, 6.45) is 8.73. The highest BCUT2D eigenvalue weighted by atomic mass is 16.2. The maximum atomic E-state index is 11.8. The highest BCUT2D eigenvalue weighted by Crippen LogP contribution is 2.31. The fraction of sp³-hybridized carbons (Fsp3) is 0.909. The molecule has 0 aromatic rings. The second-order valence-electron chi connectivity index (χ2n) is 4.37. The minimum absolute atomic E-state index is 0.416. The van der Waals surface area contributed by atoms with Crippen molar-refractivity contribution >= 4 is 5.91 Å². The number of carbonyl (C=O) groups is 1. The average molecular weight is 181 g/mol. The molecule has 0 atom stereocenters. The molecule has 1 aliphatic carbocycles. The van der Waals surface area contributed by atoms with Crippen molar-refractivity contribution in [2.45, 2.75) is 44.9 Å². The smallest absolute Gasteiger partial charge is 0.225 e. The molecule has 0 unspecified atom stereocenters. The van der Waals surface area contributed by atoms with E-state index in [0.717, 1.165) is 25.9 Å². The zero-order valence-electron chi connectivity index (χ0n) is 8.30. The van der Waals surface area contributed by atoms with E-state index >= 15 is 0 Å². The lowest BCUT2D eigenvalue weighted by Gasteiger charge is -2.24. The van der Waals surface area contributed by atoms with Gasteiger partial charge in [0.2, 0.25) is 5.91 Å². The first-order valence-electron chi connectivity index (χ1n) is 5.67. The van der Waals surface area contributed by atoms with E-state index in [2.05, 4.69) is 4.90 Å². The Kier molecular flexibility index (Phi) is 2.87. The summed E-state index contributed by atoms with van der Waals surface area (Å²) in [6, 6.07) is 0. The predicted octanol–water partition coefficient (Wildman–Crippen LogP) is 2.19. The number of hydrogen-bond acceptors (Lipinski definition) is 1. The predicted molar refractivity (Wildman–Crippen MR) is 52.4 cm³/mol. The summed E-state index contributed by atoms with van der Waals surface area (Å²) < 4.78 is 0. The fourth-order valence-corrected chi connectivity index (χ4v) is 2.06. The monoisotopic (exact) mass is 181 g/mol. The van der Waals surface area contributed by atoms with Gasteiger partial charge in [-0.15, -0.1) is 0 Å². The van der Waals surface area contributed by atoms with Crippen LogP contribution in [0.4, 0.5) is 0 Å². The molecule has 0 aromatic carbocycles. The summed E-state index contributed by atoms with van der Waals surface area (Å²) in [5, 5.41) is 0. The Morgan fingerprint density at radius 2 is 1.46 bits per heavy atom. The Morgan fingerprint density at radius 3 is 2.00 bits per heavy atom. The third kappa shape index (κ3) is 2.45. The van der Waals surface area contributed by atoms with E-state index in [-0.39, 0.29) is 0 Å². The maximum Gasteiger partial charge on any atom is 0.225 e. The minimum atomic E-state index is 0.416. The van der Waals surface area contributed by atoms with Crippen molar-refractivity contribution in [1.29, 1.82) is 0 Å². The molecular weight excluding hydrogens is 162 g/mol. The number of nitrogens with zero attached hydrogens (tertiary/aromatic N) is 1. The molecule has 13 heavy (non-hydrogen) atoms. The quantitative estimate of drug-likeness (QED) is 0.607. The third-order valence-corrected chi connectivity index (χ3v) is 3.09. The highest BCUT2D eigenvalue weighted by Gasteiger charge is 2.33. The van der Waals surface area contributed by atoms with Crippen molar-refractivity contribution in [2.24, 2.45) is 5.92 Å². The van der Waals surface area contributed by atoms with Crippen LogP contribution in [0.5, 0.6) is 0 Å². The molecule has 0 N–H and O–H groups in total. The van der Waals surface area contributed by atoms with Crippen LogP contribution in [0.3, 0.4) is 0 Å². The van der Waals surface area contributed by atoms with Crippen molar-refractivity contribution in [3.05, 3.63) is 0 Å². The number of hydrogen-bond donors (Lipinski definition) is 0. The van der Waals surface area contributed by atoms with Crippen LogP contribution in [0.25, 0.3) is 0 Å². The Morgan fingerprint density at radius 1 is 0.923 bits per heavy atom. The molecule has 74 valence electrons. The Hall–Kier alpha value is -0.530. The van der Waals surface area contributed by atoms with E-state index in [4.69, 9.17) is 0 Å². The van der Waals surface area contributed by atoms with Gasteiger partial charge in [0.1, 0.15) is 0 Å². The molecule has 1 heterocycles. The summed E-state index contributed by atoms with van der Waals surface area (Å²) in [6.45, 7) is 2.05. The van der Waals surface area contributed by atoms with Crippen LogP contribution in [0.1, 0.15) is 44.9 Å². The molecule has 2 nitrogen and oxygen atoms in total. The largest absolute Gasteiger partial charge is 0.342 e. The summed E-state index contributed by atoms with van der Waals surface area (Å²) in [5.74, 6) is 0.862. The van der Waals surface area contributed by atoms with E-state index in [1.807, 2.05) is 0 Å². The van der Waals surface area contributed by atoms with Gasteiger partial charge in [-0.3, -0.25) is 4.79 Å². The molecule has 1 saturated carbocycles. The SMILES string of the molecule is O=C(C1CC1)N1CCCCCCC1. The van der Waals surface area contributed by atoms with Gasteiger partial charge < -0.3 is 4.90 Å². The van der Waals surface area contributed by atoms with Crippen molar-refractivity contribution in [3.63, 3.8) is 0 Å². The molecule has 1 aliphatic heterocycles. The van der Waals surface area contributed by atoms with Gasteiger partial charge in [-0.1, -0.05) is 19.3 Å². The Labute approximate surface area is 80.3 Å². The fourth-order valence-electron chi connectivity index (χ4n) is 2.06. The summed E-state index contributed by atoms with van der Waals surface area (Å²) in [5.41, 5.74) is 0. The molecule has 2 fully saturated rings. The molecule has 0 spiro atoms. The van der Waals surface area contributed by atoms with E-state index in [1.54, 1.807) is 0 Å². The first-order chi connectivity index (χ1) is 6.38. The summed E-state index contributed by atoms with van der Waals surface area (Å²) >= 11 is 0. The van der Waals surface area contributed by atoms with Gasteiger partial charge in [0.05, 0.1) is 0 Å². The lowest BCUT2D eigenvalue weighted by Crippen LogP contribution is -2.34. The van der Waals surface area contributed by atoms with Crippen LogP contribution in [-0.2, 0) is 4.79 Å². The van der Waals surface area contributed by atoms with Crippen molar-refractivity contribution in [1.82, 2.24) is 4.90 Å². The summed E-state index contributed by atoms with van der Waals surface area (Å²) in [4.78, 5) is 13.9. The minimum Gasteiger partial charge on any atom is -0.342 e. The van der Waals surface area contributed by atoms with E-state index in [9.17, 15) is 4.79 Å². The van der Waals surface area contributed by atoms with Gasteiger partial charge in [-0.25, -0.2) is 0 Å². The average Bonchev–Trinajstić information content (AvgIpc) is 2.84. The lowest BCUT2D eigenvalue weighted by molar-refractivity contribution is -0.132. The van der Waals surface area contributed by atoms with Crippen molar-refractivity contribution in [2.75, 3.05) is 13.1 Å². The number of carbonyl (C=O) groups excluding carboxylic acids is 1. The third-order valence-electron chi connectivity index (χ3n) is 3.09. The normalized spacial score (nSPS) is 25.1. The van der Waals surface area contributed by atoms with Gasteiger partial charge in [-0.05, 0) is 25.7 Å². The molecule has 2 aliphatic rings. The molecular formula is C11H19NO. The molecule has 2 heteroatoms. The number of likely N-dealkylation sites (tertiary alicyclic amines) is 1. The standard InChI is InChI=1S/C11H19NO/c13-11(10-6-7-10)12-8-4-2-1-3-5-9-12/h10H,1-9H2. The van der Waals surface area contributed by atoms with Crippen LogP contribution in [-0.4, -0.2) is 23.9 Å². The maximum absolute atomic E-state index is 11.8. The zero-order valence-corrected chi connectivity index (χ0v) is 8.30. The van der Waals surface area contributed by atoms with Crippen LogP contribution in [0, 0.1) is 5.92 Å².